The molecule has 0 saturated carbocycles. The number of anilines is 1. The maximum atomic E-state index is 10.5. The zero-order valence-corrected chi connectivity index (χ0v) is 6.53. The number of aryl methyl sites for hydroxylation is 1. The van der Waals surface area contributed by atoms with Gasteiger partial charge < -0.3 is 0 Å². The smallest absolute Gasteiger partial charge is 0.253 e. The molecule has 0 aliphatic carbocycles. The van der Waals surface area contributed by atoms with Crippen LogP contribution in [0.15, 0.2) is 0 Å². The van der Waals surface area contributed by atoms with E-state index in [1.807, 2.05) is 0 Å². The molecule has 1 atom stereocenters. The Hall–Kier alpha value is -0.910. The minimum Gasteiger partial charge on any atom is -0.272 e. The molecule has 0 aromatic carbocycles. The highest BCUT2D eigenvalue weighted by molar-refractivity contribution is 7.85. The lowest BCUT2D eigenvalue weighted by molar-refractivity contribution is 0.689. The number of aromatic amines is 1. The van der Waals surface area contributed by atoms with Gasteiger partial charge in [0.15, 0.2) is 0 Å². The van der Waals surface area contributed by atoms with E-state index in [1.165, 1.54) is 6.26 Å². The quantitative estimate of drug-likeness (QED) is 0.630. The van der Waals surface area contributed by atoms with Crippen molar-refractivity contribution in [3.8, 4) is 0 Å². The van der Waals surface area contributed by atoms with Crippen molar-refractivity contribution in [3.63, 3.8) is 0 Å². The van der Waals surface area contributed by atoms with Crippen LogP contribution in [0.25, 0.3) is 0 Å². The normalized spacial score (nSPS) is 13.0. The first-order chi connectivity index (χ1) is 4.68. The third kappa shape index (κ3) is 1.80. The summed E-state index contributed by atoms with van der Waals surface area (Å²) in [7, 11) is -1.10. The van der Waals surface area contributed by atoms with E-state index in [9.17, 15) is 4.21 Å². The second kappa shape index (κ2) is 2.78. The van der Waals surface area contributed by atoms with E-state index in [1.54, 1.807) is 6.92 Å². The van der Waals surface area contributed by atoms with Gasteiger partial charge in [0.2, 0.25) is 0 Å². The molecule has 2 N–H and O–H groups in total. The van der Waals surface area contributed by atoms with Gasteiger partial charge in [0.05, 0.1) is 0 Å². The van der Waals surface area contributed by atoms with Crippen molar-refractivity contribution in [2.75, 3.05) is 11.0 Å². The summed E-state index contributed by atoms with van der Waals surface area (Å²) in [6.45, 7) is 1.77. The van der Waals surface area contributed by atoms with Crippen LogP contribution >= 0.6 is 0 Å². The van der Waals surface area contributed by atoms with Crippen LogP contribution < -0.4 is 4.72 Å². The van der Waals surface area contributed by atoms with E-state index in [-0.39, 0.29) is 0 Å². The summed E-state index contributed by atoms with van der Waals surface area (Å²) in [6, 6.07) is 0. The predicted molar refractivity (Wildman–Crippen MR) is 38.8 cm³/mol. The second-order valence-corrected chi connectivity index (χ2v) is 2.91. The van der Waals surface area contributed by atoms with Crippen LogP contribution in [-0.4, -0.2) is 25.6 Å². The van der Waals surface area contributed by atoms with Gasteiger partial charge in [-0.2, -0.15) is 4.98 Å². The monoisotopic (exact) mass is 160 g/mol. The number of nitrogens with zero attached hydrogens (tertiary/aromatic N) is 2. The van der Waals surface area contributed by atoms with Gasteiger partial charge in [0.25, 0.3) is 5.95 Å². The van der Waals surface area contributed by atoms with Crippen LogP contribution in [0.1, 0.15) is 5.82 Å². The van der Waals surface area contributed by atoms with Crippen molar-refractivity contribution in [2.24, 2.45) is 0 Å². The second-order valence-electron chi connectivity index (χ2n) is 1.80. The number of H-pyrrole nitrogens is 1. The van der Waals surface area contributed by atoms with Crippen molar-refractivity contribution in [1.82, 2.24) is 15.2 Å². The lowest BCUT2D eigenvalue weighted by Crippen LogP contribution is -2.02. The maximum absolute atomic E-state index is 10.5. The van der Waals surface area contributed by atoms with Gasteiger partial charge in [0.1, 0.15) is 16.8 Å². The molecule has 6 heteroatoms. The van der Waals surface area contributed by atoms with Crippen LogP contribution in [0.5, 0.6) is 0 Å². The molecule has 0 amide bonds. The largest absolute Gasteiger partial charge is 0.272 e. The third-order valence-corrected chi connectivity index (χ3v) is 1.30. The highest BCUT2D eigenvalue weighted by Gasteiger charge is 1.97. The van der Waals surface area contributed by atoms with E-state index < -0.39 is 11.0 Å². The minimum atomic E-state index is -1.10. The number of hydrogen-bond donors (Lipinski definition) is 2. The third-order valence-electron chi connectivity index (χ3n) is 0.832. The van der Waals surface area contributed by atoms with Crippen LogP contribution in [0, 0.1) is 6.92 Å². The van der Waals surface area contributed by atoms with E-state index in [0.717, 1.165) is 0 Å². The fraction of sp³-hybridized carbons (Fsp3) is 0.500. The van der Waals surface area contributed by atoms with E-state index in [0.29, 0.717) is 11.8 Å². The Bertz CT molecular complexity index is 245. The first-order valence-electron chi connectivity index (χ1n) is 2.67. The van der Waals surface area contributed by atoms with Gasteiger partial charge in [-0.05, 0) is 6.92 Å². The van der Waals surface area contributed by atoms with E-state index in [2.05, 4.69) is 19.9 Å². The molecule has 1 unspecified atom stereocenters. The molecule has 0 aliphatic heterocycles. The first kappa shape index (κ1) is 7.20. The fourth-order valence-corrected chi connectivity index (χ4v) is 0.865. The molecule has 5 nitrogen and oxygen atoms in total. The first-order valence-corrected chi connectivity index (χ1v) is 4.23. The van der Waals surface area contributed by atoms with Crippen LogP contribution in [-0.2, 0) is 11.0 Å². The van der Waals surface area contributed by atoms with Crippen molar-refractivity contribution in [1.29, 1.82) is 0 Å². The average molecular weight is 160 g/mol. The highest BCUT2D eigenvalue weighted by atomic mass is 32.2. The average Bonchev–Trinajstić information content (AvgIpc) is 2.13. The summed E-state index contributed by atoms with van der Waals surface area (Å²) in [6.07, 6.45) is 1.52. The molecule has 10 heavy (non-hydrogen) atoms. The number of nitrogens with one attached hydrogen (secondary N) is 2. The van der Waals surface area contributed by atoms with Crippen molar-refractivity contribution < 1.29 is 4.21 Å². The fourth-order valence-electron chi connectivity index (χ4n) is 0.517. The Kier molecular flexibility index (Phi) is 2.00. The summed E-state index contributed by atoms with van der Waals surface area (Å²) in [5.41, 5.74) is 0. The molecule has 1 heterocycles. The zero-order valence-electron chi connectivity index (χ0n) is 5.71. The van der Waals surface area contributed by atoms with Crippen molar-refractivity contribution in [3.05, 3.63) is 5.82 Å². The molecule has 0 fully saturated rings. The van der Waals surface area contributed by atoms with Gasteiger partial charge in [0, 0.05) is 6.26 Å². The lowest BCUT2D eigenvalue weighted by Gasteiger charge is -1.90. The van der Waals surface area contributed by atoms with Gasteiger partial charge in [-0.15, -0.1) is 5.10 Å². The molecule has 0 spiro atoms. The summed E-state index contributed by atoms with van der Waals surface area (Å²) < 4.78 is 13.1. The molecule has 1 rings (SSSR count). The Morgan fingerprint density at radius 1 is 1.70 bits per heavy atom. The van der Waals surface area contributed by atoms with E-state index >= 15 is 0 Å². The Morgan fingerprint density at radius 2 is 2.40 bits per heavy atom. The maximum Gasteiger partial charge on any atom is 0.253 e. The topological polar surface area (TPSA) is 70.7 Å². The zero-order chi connectivity index (χ0) is 7.56. The van der Waals surface area contributed by atoms with Crippen LogP contribution in [0.4, 0.5) is 5.95 Å². The lowest BCUT2D eigenvalue weighted by atomic mass is 10.8. The molecule has 0 aliphatic rings. The molecular weight excluding hydrogens is 152 g/mol. The number of hydrogen-bond acceptors (Lipinski definition) is 3. The van der Waals surface area contributed by atoms with Crippen molar-refractivity contribution in [2.45, 2.75) is 6.92 Å². The molecule has 1 aromatic rings. The Balaban J connectivity index is 2.67. The molecule has 0 radical (unpaired) electrons. The van der Waals surface area contributed by atoms with Gasteiger partial charge >= 0.3 is 0 Å². The summed E-state index contributed by atoms with van der Waals surface area (Å²) >= 11 is 0. The summed E-state index contributed by atoms with van der Waals surface area (Å²) in [4.78, 5) is 3.88. The van der Waals surface area contributed by atoms with Gasteiger partial charge in [-0.1, -0.05) is 0 Å². The van der Waals surface area contributed by atoms with Gasteiger partial charge in [-0.25, -0.2) is 4.21 Å². The van der Waals surface area contributed by atoms with Crippen molar-refractivity contribution >= 4 is 16.9 Å². The Morgan fingerprint density at radius 3 is 2.80 bits per heavy atom. The molecule has 0 bridgehead atoms. The summed E-state index contributed by atoms with van der Waals surface area (Å²) in [5.74, 6) is 1.08. The summed E-state index contributed by atoms with van der Waals surface area (Å²) in [5, 5.41) is 6.33. The SMILES string of the molecule is Cc1nc(NS(C)=O)n[nH]1. The van der Waals surface area contributed by atoms with Crippen LogP contribution in [0.3, 0.4) is 0 Å². The van der Waals surface area contributed by atoms with Gasteiger partial charge in [-0.3, -0.25) is 9.82 Å². The Labute approximate surface area is 60.8 Å². The highest BCUT2D eigenvalue weighted by Crippen LogP contribution is 1.96. The number of aromatic nitrogens is 3. The van der Waals surface area contributed by atoms with Crippen LogP contribution in [0.2, 0.25) is 0 Å². The molecule has 1 aromatic heterocycles. The standard InChI is InChI=1S/C4H8N4OS/c1-3-5-4(7-6-3)8-10(2)9/h1-2H3,(H2,5,6,7,8). The molecular formula is C4H8N4OS. The molecule has 0 saturated heterocycles. The van der Waals surface area contributed by atoms with E-state index in [4.69, 9.17) is 0 Å². The minimum absolute atomic E-state index is 0.373. The predicted octanol–water partition coefficient (Wildman–Crippen LogP) is -0.181. The number of rotatable bonds is 2. The molecule has 56 valence electrons.